The summed E-state index contributed by atoms with van der Waals surface area (Å²) in [7, 11) is 3.09. The van der Waals surface area contributed by atoms with Gasteiger partial charge in [-0.05, 0) is 48.9 Å². The highest BCUT2D eigenvalue weighted by Gasteiger charge is 2.16. The van der Waals surface area contributed by atoms with Crippen LogP contribution < -0.4 is 5.32 Å². The Hall–Kier alpha value is -4.40. The number of aromatic amines is 1. The van der Waals surface area contributed by atoms with E-state index in [4.69, 9.17) is 4.74 Å². The monoisotopic (exact) mass is 460 g/mol. The van der Waals surface area contributed by atoms with E-state index in [9.17, 15) is 14.4 Å². The molecule has 0 fully saturated rings. The Bertz CT molecular complexity index is 1370. The lowest BCUT2D eigenvalue weighted by Gasteiger charge is -2.04. The summed E-state index contributed by atoms with van der Waals surface area (Å²) in [4.78, 5) is 39.3. The van der Waals surface area contributed by atoms with Crippen molar-refractivity contribution in [3.63, 3.8) is 0 Å². The second kappa shape index (κ2) is 9.62. The number of nitrogens with one attached hydrogen (secondary N) is 2. The van der Waals surface area contributed by atoms with Crippen LogP contribution in [0.2, 0.25) is 0 Å². The molecule has 2 heterocycles. The van der Waals surface area contributed by atoms with Crippen molar-refractivity contribution in [3.05, 3.63) is 77.1 Å². The van der Waals surface area contributed by atoms with Gasteiger partial charge in [0.1, 0.15) is 5.69 Å². The van der Waals surface area contributed by atoms with E-state index < -0.39 is 11.9 Å². The van der Waals surface area contributed by atoms with Crippen molar-refractivity contribution in [1.82, 2.24) is 20.1 Å². The molecule has 0 aliphatic heterocycles. The lowest BCUT2D eigenvalue weighted by Crippen LogP contribution is -2.23. The fourth-order valence-electron chi connectivity index (χ4n) is 3.61. The number of aryl methyl sites for hydroxylation is 1. The largest absolute Gasteiger partial charge is 0.465 e. The first-order chi connectivity index (χ1) is 16.4. The number of carbonyl (C=O) groups is 3. The zero-order valence-corrected chi connectivity index (χ0v) is 19.0. The van der Waals surface area contributed by atoms with Crippen LogP contribution in [-0.4, -0.2) is 46.3 Å². The van der Waals surface area contributed by atoms with Gasteiger partial charge < -0.3 is 19.8 Å². The van der Waals surface area contributed by atoms with Crippen molar-refractivity contribution < 1.29 is 23.9 Å². The predicted molar refractivity (Wildman–Crippen MR) is 125 cm³/mol. The van der Waals surface area contributed by atoms with Crippen LogP contribution in [-0.2, 0) is 23.1 Å². The third kappa shape index (κ3) is 4.68. The van der Waals surface area contributed by atoms with Crippen LogP contribution in [0.25, 0.3) is 22.2 Å². The number of hydrogen-bond acceptors (Lipinski definition) is 6. The zero-order chi connectivity index (χ0) is 24.2. The minimum absolute atomic E-state index is 0.282. The van der Waals surface area contributed by atoms with Crippen LogP contribution in [0.15, 0.2) is 54.6 Å². The number of esters is 2. The molecule has 0 bridgehead atoms. The van der Waals surface area contributed by atoms with E-state index in [1.54, 1.807) is 55.1 Å². The third-order valence-corrected chi connectivity index (χ3v) is 5.35. The van der Waals surface area contributed by atoms with Crippen molar-refractivity contribution >= 4 is 28.7 Å². The highest BCUT2D eigenvalue weighted by molar-refractivity contribution is 5.97. The number of ether oxygens (including phenoxy) is 2. The van der Waals surface area contributed by atoms with Crippen molar-refractivity contribution in [2.75, 3.05) is 13.7 Å². The number of benzene rings is 2. The minimum atomic E-state index is -0.411. The molecular formula is C25H24N4O5. The van der Waals surface area contributed by atoms with Crippen LogP contribution in [0, 0.1) is 0 Å². The van der Waals surface area contributed by atoms with E-state index in [-0.39, 0.29) is 18.1 Å². The van der Waals surface area contributed by atoms with Gasteiger partial charge in [0.2, 0.25) is 0 Å². The molecule has 0 radical (unpaired) electrons. The van der Waals surface area contributed by atoms with Crippen LogP contribution in [0.1, 0.15) is 43.8 Å². The van der Waals surface area contributed by atoms with Gasteiger partial charge in [0.25, 0.3) is 5.91 Å². The molecule has 0 unspecified atom stereocenters. The number of hydrogen-bond donors (Lipinski definition) is 2. The van der Waals surface area contributed by atoms with Crippen LogP contribution >= 0.6 is 0 Å². The van der Waals surface area contributed by atoms with Crippen molar-refractivity contribution in [2.24, 2.45) is 7.05 Å². The summed E-state index contributed by atoms with van der Waals surface area (Å²) in [5.74, 6) is -1.13. The summed E-state index contributed by atoms with van der Waals surface area (Å²) >= 11 is 0. The minimum Gasteiger partial charge on any atom is -0.465 e. The molecule has 9 heteroatoms. The molecule has 174 valence electrons. The first-order valence-corrected chi connectivity index (χ1v) is 10.7. The van der Waals surface area contributed by atoms with E-state index in [0.29, 0.717) is 17.9 Å². The smallest absolute Gasteiger partial charge is 0.354 e. The van der Waals surface area contributed by atoms with E-state index in [0.717, 1.165) is 27.7 Å². The number of amides is 1. The third-order valence-electron chi connectivity index (χ3n) is 5.35. The van der Waals surface area contributed by atoms with Gasteiger partial charge in [0.05, 0.1) is 25.0 Å². The van der Waals surface area contributed by atoms with Gasteiger partial charge in [-0.1, -0.05) is 18.2 Å². The standard InChI is InChI=1S/C25H24N4O5/c1-4-34-25(32)21-12-18-11-17(9-10-19(18)27-21)22-13-20(28-29(22)2)23(30)26-14-15-5-7-16(8-6-15)24(31)33-3/h5-13,27H,4,14H2,1-3H3,(H,26,30). The maximum Gasteiger partial charge on any atom is 0.354 e. The second-order valence-corrected chi connectivity index (χ2v) is 7.62. The summed E-state index contributed by atoms with van der Waals surface area (Å²) in [6.07, 6.45) is 0. The Morgan fingerprint density at radius 1 is 1.03 bits per heavy atom. The molecule has 9 nitrogen and oxygen atoms in total. The average molecular weight is 460 g/mol. The highest BCUT2D eigenvalue weighted by Crippen LogP contribution is 2.26. The van der Waals surface area contributed by atoms with E-state index >= 15 is 0 Å². The Labute approximate surface area is 195 Å². The van der Waals surface area contributed by atoms with Crippen LogP contribution in [0.5, 0.6) is 0 Å². The van der Waals surface area contributed by atoms with E-state index in [2.05, 4.69) is 20.1 Å². The molecule has 2 aromatic carbocycles. The van der Waals surface area contributed by atoms with Crippen molar-refractivity contribution in [1.29, 1.82) is 0 Å². The van der Waals surface area contributed by atoms with Gasteiger partial charge in [-0.2, -0.15) is 5.10 Å². The molecule has 2 aromatic heterocycles. The predicted octanol–water partition coefficient (Wildman–Crippen LogP) is 3.46. The number of fused-ring (bicyclic) bond motifs is 1. The van der Waals surface area contributed by atoms with Gasteiger partial charge in [0, 0.05) is 30.1 Å². The first-order valence-electron chi connectivity index (χ1n) is 10.7. The normalized spacial score (nSPS) is 10.8. The summed E-state index contributed by atoms with van der Waals surface area (Å²) < 4.78 is 11.4. The molecule has 1 amide bonds. The molecule has 2 N–H and O–H groups in total. The lowest BCUT2D eigenvalue weighted by molar-refractivity contribution is 0.0519. The zero-order valence-electron chi connectivity index (χ0n) is 19.0. The molecule has 0 aliphatic carbocycles. The summed E-state index contributed by atoms with van der Waals surface area (Å²) in [5.41, 5.74) is 4.38. The summed E-state index contributed by atoms with van der Waals surface area (Å²) in [6, 6.07) is 16.0. The number of aromatic nitrogens is 3. The Kier molecular flexibility index (Phi) is 6.44. The first kappa shape index (κ1) is 22.8. The molecule has 0 saturated carbocycles. The molecule has 34 heavy (non-hydrogen) atoms. The molecular weight excluding hydrogens is 436 g/mol. The second-order valence-electron chi connectivity index (χ2n) is 7.62. The maximum atomic E-state index is 12.7. The number of nitrogens with zero attached hydrogens (tertiary/aromatic N) is 2. The molecule has 0 aliphatic rings. The van der Waals surface area contributed by atoms with Gasteiger partial charge >= 0.3 is 11.9 Å². The number of rotatable bonds is 7. The van der Waals surface area contributed by atoms with Gasteiger partial charge in [-0.3, -0.25) is 9.48 Å². The molecule has 0 atom stereocenters. The molecule has 4 rings (SSSR count). The van der Waals surface area contributed by atoms with Crippen molar-refractivity contribution in [2.45, 2.75) is 13.5 Å². The van der Waals surface area contributed by atoms with Gasteiger partial charge in [-0.25, -0.2) is 9.59 Å². The molecule has 4 aromatic rings. The quantitative estimate of drug-likeness (QED) is 0.408. The number of carbonyl (C=O) groups excluding carboxylic acids is 3. The van der Waals surface area contributed by atoms with Crippen LogP contribution in [0.4, 0.5) is 0 Å². The molecule has 0 saturated heterocycles. The summed E-state index contributed by atoms with van der Waals surface area (Å²) in [6.45, 7) is 2.35. The SMILES string of the molecule is CCOC(=O)c1cc2cc(-c3cc(C(=O)NCc4ccc(C(=O)OC)cc4)nn3C)ccc2[nH]1. The van der Waals surface area contributed by atoms with Gasteiger partial charge in [-0.15, -0.1) is 0 Å². The maximum absolute atomic E-state index is 12.7. The number of methoxy groups -OCH3 is 1. The Morgan fingerprint density at radius 2 is 1.79 bits per heavy atom. The Morgan fingerprint density at radius 3 is 2.50 bits per heavy atom. The van der Waals surface area contributed by atoms with Crippen LogP contribution in [0.3, 0.4) is 0 Å². The lowest BCUT2D eigenvalue weighted by atomic mass is 10.1. The fraction of sp³-hybridized carbons (Fsp3) is 0.200. The van der Waals surface area contributed by atoms with Crippen molar-refractivity contribution in [3.8, 4) is 11.3 Å². The highest BCUT2D eigenvalue weighted by atomic mass is 16.5. The van der Waals surface area contributed by atoms with E-state index in [1.807, 2.05) is 18.2 Å². The summed E-state index contributed by atoms with van der Waals surface area (Å²) in [5, 5.41) is 8.04. The van der Waals surface area contributed by atoms with E-state index in [1.165, 1.54) is 7.11 Å². The topological polar surface area (TPSA) is 115 Å². The number of H-pyrrole nitrogens is 1. The molecule has 0 spiro atoms. The fourth-order valence-corrected chi connectivity index (χ4v) is 3.61. The van der Waals surface area contributed by atoms with Gasteiger partial charge in [0.15, 0.2) is 5.69 Å². The average Bonchev–Trinajstić information content (AvgIpc) is 3.45. The Balaban J connectivity index is 1.48.